The number of thioether (sulfide) groups is 1. The second-order valence-electron chi connectivity index (χ2n) is 4.53. The standard InChI is InChI=1S/C14H17N3O4S/c1-8(18)15-14-16-17(9(2)19)13(22-14)11-7-10(20-3)5-6-12(11)21-4/h5-7,13H,1-4H3,(H,15,16,18). The molecule has 2 amide bonds. The summed E-state index contributed by atoms with van der Waals surface area (Å²) in [5.41, 5.74) is 0.742. The second kappa shape index (κ2) is 6.69. The molecular weight excluding hydrogens is 306 g/mol. The van der Waals surface area contributed by atoms with E-state index < -0.39 is 5.37 Å². The Balaban J connectivity index is 2.39. The van der Waals surface area contributed by atoms with Crippen molar-refractivity contribution in [3.05, 3.63) is 23.8 Å². The molecular formula is C14H17N3O4S. The van der Waals surface area contributed by atoms with Crippen LogP contribution in [0.5, 0.6) is 11.5 Å². The van der Waals surface area contributed by atoms with Crippen molar-refractivity contribution in [2.24, 2.45) is 5.10 Å². The van der Waals surface area contributed by atoms with Gasteiger partial charge < -0.3 is 14.8 Å². The van der Waals surface area contributed by atoms with Gasteiger partial charge in [-0.15, -0.1) is 5.10 Å². The van der Waals surface area contributed by atoms with Gasteiger partial charge in [-0.05, 0) is 18.2 Å². The lowest BCUT2D eigenvalue weighted by Gasteiger charge is -2.21. The van der Waals surface area contributed by atoms with E-state index in [1.54, 1.807) is 32.4 Å². The molecule has 1 aliphatic heterocycles. The average Bonchev–Trinajstić information content (AvgIpc) is 2.89. The summed E-state index contributed by atoms with van der Waals surface area (Å²) in [6.45, 7) is 2.81. The van der Waals surface area contributed by atoms with Gasteiger partial charge in [0.1, 0.15) is 16.9 Å². The highest BCUT2D eigenvalue weighted by atomic mass is 32.2. The summed E-state index contributed by atoms with van der Waals surface area (Å²) in [5.74, 6) is 0.785. The molecule has 1 atom stereocenters. The lowest BCUT2D eigenvalue weighted by atomic mass is 10.1. The first-order valence-corrected chi connectivity index (χ1v) is 7.38. The van der Waals surface area contributed by atoms with Crippen LogP contribution in [0.25, 0.3) is 0 Å². The number of amidine groups is 1. The SMILES string of the molecule is COc1ccc(OC)c(C2SC(NC(C)=O)=NN2C(C)=O)c1. The minimum atomic E-state index is -0.426. The Morgan fingerprint density at radius 2 is 2.00 bits per heavy atom. The zero-order valence-corrected chi connectivity index (χ0v) is 13.6. The fraction of sp³-hybridized carbons (Fsp3) is 0.357. The van der Waals surface area contributed by atoms with Gasteiger partial charge in [0.2, 0.25) is 11.8 Å². The number of carbonyl (C=O) groups excluding carboxylic acids is 2. The van der Waals surface area contributed by atoms with Crippen LogP contribution in [0.4, 0.5) is 0 Å². The molecule has 1 N–H and O–H groups in total. The predicted molar refractivity (Wildman–Crippen MR) is 83.6 cm³/mol. The Morgan fingerprint density at radius 1 is 1.27 bits per heavy atom. The molecule has 7 nitrogen and oxygen atoms in total. The fourth-order valence-electron chi connectivity index (χ4n) is 2.00. The van der Waals surface area contributed by atoms with E-state index >= 15 is 0 Å². The number of nitrogens with one attached hydrogen (secondary N) is 1. The molecule has 1 aromatic carbocycles. The van der Waals surface area contributed by atoms with Gasteiger partial charge in [-0.25, -0.2) is 5.01 Å². The Kier molecular flexibility index (Phi) is 4.92. The molecule has 8 heteroatoms. The molecule has 1 heterocycles. The van der Waals surface area contributed by atoms with Gasteiger partial charge >= 0.3 is 0 Å². The molecule has 118 valence electrons. The van der Waals surface area contributed by atoms with Crippen LogP contribution in [-0.2, 0) is 9.59 Å². The molecule has 0 aliphatic carbocycles. The molecule has 0 fully saturated rings. The number of hydrogen-bond donors (Lipinski definition) is 1. The van der Waals surface area contributed by atoms with Gasteiger partial charge in [0.05, 0.1) is 14.2 Å². The third-order valence-corrected chi connectivity index (χ3v) is 4.04. The van der Waals surface area contributed by atoms with Crippen molar-refractivity contribution < 1.29 is 19.1 Å². The van der Waals surface area contributed by atoms with Crippen LogP contribution in [0, 0.1) is 0 Å². The largest absolute Gasteiger partial charge is 0.497 e. The van der Waals surface area contributed by atoms with Gasteiger partial charge in [-0.3, -0.25) is 9.59 Å². The average molecular weight is 323 g/mol. The van der Waals surface area contributed by atoms with Gasteiger partial charge in [0.15, 0.2) is 5.17 Å². The normalized spacial score (nSPS) is 17.0. The number of hydrazone groups is 1. The number of amides is 2. The first-order valence-electron chi connectivity index (χ1n) is 6.50. The summed E-state index contributed by atoms with van der Waals surface area (Å²) in [4.78, 5) is 23.0. The Morgan fingerprint density at radius 3 is 2.55 bits per heavy atom. The maximum absolute atomic E-state index is 11.8. The lowest BCUT2D eigenvalue weighted by Crippen LogP contribution is -2.25. The Hall–Kier alpha value is -2.22. The molecule has 0 radical (unpaired) electrons. The van der Waals surface area contributed by atoms with Crippen molar-refractivity contribution in [3.8, 4) is 11.5 Å². The highest BCUT2D eigenvalue weighted by Gasteiger charge is 2.34. The van der Waals surface area contributed by atoms with Gasteiger partial charge in [0.25, 0.3) is 0 Å². The van der Waals surface area contributed by atoms with Crippen LogP contribution in [0.2, 0.25) is 0 Å². The van der Waals surface area contributed by atoms with E-state index in [0.29, 0.717) is 16.7 Å². The van der Waals surface area contributed by atoms with Crippen molar-refractivity contribution in [1.82, 2.24) is 10.3 Å². The lowest BCUT2D eigenvalue weighted by molar-refractivity contribution is -0.129. The number of benzene rings is 1. The van der Waals surface area contributed by atoms with E-state index in [4.69, 9.17) is 9.47 Å². The number of carbonyl (C=O) groups is 2. The van der Waals surface area contributed by atoms with Gasteiger partial charge in [0, 0.05) is 19.4 Å². The Labute approximate surface area is 132 Å². The van der Waals surface area contributed by atoms with Crippen LogP contribution in [0.1, 0.15) is 24.8 Å². The molecule has 1 unspecified atom stereocenters. The highest BCUT2D eigenvalue weighted by Crippen LogP contribution is 2.43. The van der Waals surface area contributed by atoms with Gasteiger partial charge in [-0.1, -0.05) is 11.8 Å². The van der Waals surface area contributed by atoms with E-state index in [0.717, 1.165) is 5.56 Å². The van der Waals surface area contributed by atoms with Crippen molar-refractivity contribution in [1.29, 1.82) is 0 Å². The van der Waals surface area contributed by atoms with Crippen molar-refractivity contribution in [3.63, 3.8) is 0 Å². The molecule has 2 rings (SSSR count). The fourth-order valence-corrected chi connectivity index (χ4v) is 3.15. The number of rotatable bonds is 3. The van der Waals surface area contributed by atoms with Crippen LogP contribution in [-0.4, -0.2) is 36.2 Å². The van der Waals surface area contributed by atoms with E-state index in [1.807, 2.05) is 0 Å². The zero-order valence-electron chi connectivity index (χ0n) is 12.7. The monoisotopic (exact) mass is 323 g/mol. The number of nitrogens with zero attached hydrogens (tertiary/aromatic N) is 2. The van der Waals surface area contributed by atoms with E-state index in [9.17, 15) is 9.59 Å². The first-order chi connectivity index (χ1) is 10.5. The first kappa shape index (κ1) is 16.2. The minimum Gasteiger partial charge on any atom is -0.497 e. The van der Waals surface area contributed by atoms with Crippen molar-refractivity contribution >= 4 is 28.7 Å². The summed E-state index contributed by atoms with van der Waals surface area (Å²) in [6.07, 6.45) is 0. The Bertz CT molecular complexity index is 633. The molecule has 0 spiro atoms. The molecule has 0 aromatic heterocycles. The minimum absolute atomic E-state index is 0.234. The zero-order chi connectivity index (χ0) is 16.3. The molecule has 1 aromatic rings. The number of methoxy groups -OCH3 is 2. The van der Waals surface area contributed by atoms with Crippen molar-refractivity contribution in [2.45, 2.75) is 19.2 Å². The van der Waals surface area contributed by atoms with Crippen molar-refractivity contribution in [2.75, 3.05) is 14.2 Å². The third-order valence-electron chi connectivity index (χ3n) is 2.95. The smallest absolute Gasteiger partial charge is 0.241 e. The summed E-state index contributed by atoms with van der Waals surface area (Å²) >= 11 is 1.26. The van der Waals surface area contributed by atoms with Gasteiger partial charge in [-0.2, -0.15) is 0 Å². The highest BCUT2D eigenvalue weighted by molar-refractivity contribution is 8.14. The summed E-state index contributed by atoms with van der Waals surface area (Å²) < 4.78 is 10.6. The molecule has 1 aliphatic rings. The quantitative estimate of drug-likeness (QED) is 0.916. The third kappa shape index (κ3) is 3.33. The second-order valence-corrected chi connectivity index (χ2v) is 5.60. The summed E-state index contributed by atoms with van der Waals surface area (Å²) in [6, 6.07) is 5.33. The molecule has 0 saturated heterocycles. The number of hydrogen-bond acceptors (Lipinski definition) is 6. The van der Waals surface area contributed by atoms with E-state index in [1.165, 1.54) is 30.6 Å². The van der Waals surface area contributed by atoms with Crippen LogP contribution in [0.15, 0.2) is 23.3 Å². The summed E-state index contributed by atoms with van der Waals surface area (Å²) in [5, 5.41) is 8.01. The number of ether oxygens (including phenoxy) is 2. The van der Waals surface area contributed by atoms with Crippen LogP contribution >= 0.6 is 11.8 Å². The predicted octanol–water partition coefficient (Wildman–Crippen LogP) is 1.70. The van der Waals surface area contributed by atoms with Crippen LogP contribution in [0.3, 0.4) is 0 Å². The summed E-state index contributed by atoms with van der Waals surface area (Å²) in [7, 11) is 3.12. The van der Waals surface area contributed by atoms with Crippen LogP contribution < -0.4 is 14.8 Å². The maximum Gasteiger partial charge on any atom is 0.241 e. The molecule has 0 saturated carbocycles. The topological polar surface area (TPSA) is 80.2 Å². The van der Waals surface area contributed by atoms with E-state index in [-0.39, 0.29) is 11.8 Å². The van der Waals surface area contributed by atoms with E-state index in [2.05, 4.69) is 10.4 Å². The molecule has 22 heavy (non-hydrogen) atoms. The maximum atomic E-state index is 11.8. The molecule has 0 bridgehead atoms.